The third-order valence-electron chi connectivity index (χ3n) is 3.82. The van der Waals surface area contributed by atoms with Crippen LogP contribution in [-0.4, -0.2) is 43.2 Å². The van der Waals surface area contributed by atoms with Crippen LogP contribution >= 0.6 is 0 Å². The van der Waals surface area contributed by atoms with Gasteiger partial charge in [0, 0.05) is 31.6 Å². The summed E-state index contributed by atoms with van der Waals surface area (Å²) < 4.78 is 11.4. The van der Waals surface area contributed by atoms with E-state index in [1.54, 1.807) is 12.1 Å². The van der Waals surface area contributed by atoms with Crippen molar-refractivity contribution in [2.75, 3.05) is 31.2 Å². The lowest BCUT2D eigenvalue weighted by molar-refractivity contribution is -0.169. The predicted octanol–water partition coefficient (Wildman–Crippen LogP) is 2.75. The van der Waals surface area contributed by atoms with Crippen LogP contribution < -0.4 is 4.90 Å². The Morgan fingerprint density at radius 2 is 1.62 bits per heavy atom. The SMILES string of the molecule is CC.O=C(O)c1ccc(N2CCC3(CC2)OCCO3)cc1. The van der Waals surface area contributed by atoms with Crippen LogP contribution in [-0.2, 0) is 9.47 Å². The van der Waals surface area contributed by atoms with Crippen LogP contribution in [0.1, 0.15) is 37.0 Å². The fraction of sp³-hybridized carbons (Fsp3) is 0.562. The van der Waals surface area contributed by atoms with E-state index in [0.29, 0.717) is 18.8 Å². The van der Waals surface area contributed by atoms with Gasteiger partial charge in [0.1, 0.15) is 0 Å². The molecule has 2 aliphatic rings. The van der Waals surface area contributed by atoms with Crippen molar-refractivity contribution < 1.29 is 19.4 Å². The molecule has 5 nitrogen and oxygen atoms in total. The summed E-state index contributed by atoms with van der Waals surface area (Å²) in [5, 5.41) is 8.88. The molecule has 1 aromatic rings. The first-order valence-electron chi connectivity index (χ1n) is 7.55. The van der Waals surface area contributed by atoms with Crippen molar-refractivity contribution in [1.29, 1.82) is 0 Å². The standard InChI is InChI=1S/C14H17NO4.C2H6/c16-13(17)11-1-3-12(4-2-11)15-7-5-14(6-8-15)18-9-10-19-14;1-2/h1-4H,5-10H2,(H,16,17);1-2H3. The van der Waals surface area contributed by atoms with Gasteiger partial charge in [0.05, 0.1) is 18.8 Å². The van der Waals surface area contributed by atoms with Crippen molar-refractivity contribution in [2.24, 2.45) is 0 Å². The van der Waals surface area contributed by atoms with E-state index in [0.717, 1.165) is 31.6 Å². The molecule has 2 fully saturated rings. The predicted molar refractivity (Wildman–Crippen MR) is 80.8 cm³/mol. The van der Waals surface area contributed by atoms with Crippen molar-refractivity contribution in [2.45, 2.75) is 32.5 Å². The van der Waals surface area contributed by atoms with E-state index in [1.165, 1.54) is 0 Å². The minimum absolute atomic E-state index is 0.319. The maximum absolute atomic E-state index is 10.8. The number of carbonyl (C=O) groups is 1. The fourth-order valence-electron chi connectivity index (χ4n) is 2.71. The Balaban J connectivity index is 0.000000774. The van der Waals surface area contributed by atoms with E-state index in [9.17, 15) is 4.79 Å². The van der Waals surface area contributed by atoms with Crippen molar-refractivity contribution in [3.8, 4) is 0 Å². The lowest BCUT2D eigenvalue weighted by atomic mass is 10.0. The molecule has 0 atom stereocenters. The maximum atomic E-state index is 10.8. The first kappa shape index (κ1) is 15.8. The molecule has 2 saturated heterocycles. The molecule has 0 saturated carbocycles. The van der Waals surface area contributed by atoms with Gasteiger partial charge in [-0.05, 0) is 24.3 Å². The number of hydrogen-bond donors (Lipinski definition) is 1. The topological polar surface area (TPSA) is 59.0 Å². The summed E-state index contributed by atoms with van der Waals surface area (Å²) in [5.74, 6) is -1.26. The van der Waals surface area contributed by atoms with Crippen molar-refractivity contribution in [3.63, 3.8) is 0 Å². The molecule has 5 heteroatoms. The molecule has 2 aliphatic heterocycles. The van der Waals surface area contributed by atoms with Crippen molar-refractivity contribution >= 4 is 11.7 Å². The summed E-state index contributed by atoms with van der Waals surface area (Å²) in [6.07, 6.45) is 1.71. The van der Waals surface area contributed by atoms with Crippen LogP contribution in [0.15, 0.2) is 24.3 Å². The summed E-state index contributed by atoms with van der Waals surface area (Å²) >= 11 is 0. The third-order valence-corrected chi connectivity index (χ3v) is 3.82. The summed E-state index contributed by atoms with van der Waals surface area (Å²) in [6.45, 7) is 7.11. The zero-order valence-corrected chi connectivity index (χ0v) is 12.7. The Bertz CT molecular complexity index is 456. The highest BCUT2D eigenvalue weighted by molar-refractivity contribution is 5.88. The summed E-state index contributed by atoms with van der Waals surface area (Å²) in [6, 6.07) is 7.00. The molecule has 1 N–H and O–H groups in total. The number of carboxylic acid groups (broad SMARTS) is 1. The zero-order chi connectivity index (χ0) is 15.3. The average molecular weight is 293 g/mol. The highest BCUT2D eigenvalue weighted by atomic mass is 16.7. The first-order chi connectivity index (χ1) is 10.2. The average Bonchev–Trinajstić information content (AvgIpc) is 2.98. The Labute approximate surface area is 125 Å². The number of anilines is 1. The van der Waals surface area contributed by atoms with E-state index >= 15 is 0 Å². The smallest absolute Gasteiger partial charge is 0.335 e. The summed E-state index contributed by atoms with van der Waals surface area (Å²) in [5.41, 5.74) is 1.37. The highest BCUT2D eigenvalue weighted by Gasteiger charge is 2.39. The van der Waals surface area contributed by atoms with Crippen LogP contribution in [0.2, 0.25) is 0 Å². The lowest BCUT2D eigenvalue weighted by Gasteiger charge is -2.38. The van der Waals surface area contributed by atoms with Crippen LogP contribution in [0, 0.1) is 0 Å². The quantitative estimate of drug-likeness (QED) is 0.908. The molecule has 116 valence electrons. The van der Waals surface area contributed by atoms with Crippen molar-refractivity contribution in [3.05, 3.63) is 29.8 Å². The number of rotatable bonds is 2. The second-order valence-corrected chi connectivity index (χ2v) is 4.95. The van der Waals surface area contributed by atoms with Gasteiger partial charge in [0.25, 0.3) is 0 Å². The van der Waals surface area contributed by atoms with Gasteiger partial charge in [0.2, 0.25) is 0 Å². The van der Waals surface area contributed by atoms with Gasteiger partial charge in [-0.2, -0.15) is 0 Å². The number of piperidine rings is 1. The molecule has 1 aromatic carbocycles. The van der Waals surface area contributed by atoms with Gasteiger partial charge in [0.15, 0.2) is 5.79 Å². The Morgan fingerprint density at radius 1 is 1.10 bits per heavy atom. The molecule has 0 bridgehead atoms. The molecular weight excluding hydrogens is 270 g/mol. The summed E-state index contributed by atoms with van der Waals surface area (Å²) in [4.78, 5) is 13.0. The molecular formula is C16H23NO4. The Hall–Kier alpha value is -1.59. The fourth-order valence-corrected chi connectivity index (χ4v) is 2.71. The van der Waals surface area contributed by atoms with Gasteiger partial charge in [-0.1, -0.05) is 13.8 Å². The highest BCUT2D eigenvalue weighted by Crippen LogP contribution is 2.33. The molecule has 0 aromatic heterocycles. The van der Waals surface area contributed by atoms with E-state index < -0.39 is 5.97 Å². The van der Waals surface area contributed by atoms with Gasteiger partial charge in [-0.3, -0.25) is 0 Å². The second-order valence-electron chi connectivity index (χ2n) is 4.95. The van der Waals surface area contributed by atoms with Crippen LogP contribution in [0.3, 0.4) is 0 Å². The number of nitrogens with zero attached hydrogens (tertiary/aromatic N) is 1. The number of ether oxygens (including phenoxy) is 2. The van der Waals surface area contributed by atoms with Gasteiger partial charge in [-0.25, -0.2) is 4.79 Å². The molecule has 0 unspecified atom stereocenters. The van der Waals surface area contributed by atoms with Crippen molar-refractivity contribution in [1.82, 2.24) is 0 Å². The molecule has 1 spiro atoms. The number of hydrogen-bond acceptors (Lipinski definition) is 4. The minimum atomic E-state index is -0.892. The zero-order valence-electron chi connectivity index (χ0n) is 12.7. The number of carboxylic acids is 1. The molecule has 2 heterocycles. The molecule has 0 aliphatic carbocycles. The second kappa shape index (κ2) is 6.91. The largest absolute Gasteiger partial charge is 0.478 e. The van der Waals surface area contributed by atoms with E-state index in [-0.39, 0.29) is 5.79 Å². The maximum Gasteiger partial charge on any atom is 0.335 e. The van der Waals surface area contributed by atoms with E-state index in [4.69, 9.17) is 14.6 Å². The van der Waals surface area contributed by atoms with E-state index in [1.807, 2.05) is 26.0 Å². The normalized spacial score (nSPS) is 20.0. The number of benzene rings is 1. The first-order valence-corrected chi connectivity index (χ1v) is 7.55. The molecule has 3 rings (SSSR count). The monoisotopic (exact) mass is 293 g/mol. The molecule has 0 amide bonds. The Kier molecular flexibility index (Phi) is 5.20. The lowest BCUT2D eigenvalue weighted by Crippen LogP contribution is -2.45. The van der Waals surface area contributed by atoms with Crippen LogP contribution in [0.25, 0.3) is 0 Å². The Morgan fingerprint density at radius 3 is 2.10 bits per heavy atom. The van der Waals surface area contributed by atoms with Gasteiger partial charge < -0.3 is 19.5 Å². The molecule has 0 radical (unpaired) electrons. The van der Waals surface area contributed by atoms with Crippen LogP contribution in [0.5, 0.6) is 0 Å². The van der Waals surface area contributed by atoms with E-state index in [2.05, 4.69) is 4.90 Å². The van der Waals surface area contributed by atoms with Crippen LogP contribution in [0.4, 0.5) is 5.69 Å². The third kappa shape index (κ3) is 3.54. The number of aromatic carboxylic acids is 1. The van der Waals surface area contributed by atoms with Gasteiger partial charge >= 0.3 is 5.97 Å². The molecule has 21 heavy (non-hydrogen) atoms. The minimum Gasteiger partial charge on any atom is -0.478 e. The van der Waals surface area contributed by atoms with Gasteiger partial charge in [-0.15, -0.1) is 0 Å². The summed E-state index contributed by atoms with van der Waals surface area (Å²) in [7, 11) is 0.